The maximum Gasteiger partial charge on any atom is 0.331 e. The fraction of sp³-hybridized carbons (Fsp3) is 0.818. The molecule has 0 aromatic heterocycles. The first-order chi connectivity index (χ1) is 7.88. The number of quaternary nitrogens is 2. The quantitative estimate of drug-likeness (QED) is 0.504. The van der Waals surface area contributed by atoms with Gasteiger partial charge in [-0.1, -0.05) is 13.8 Å². The fourth-order valence-electron chi connectivity index (χ4n) is 1.51. The van der Waals surface area contributed by atoms with Gasteiger partial charge < -0.3 is 11.1 Å². The third-order valence-electron chi connectivity index (χ3n) is 2.44. The number of nitrogens with one attached hydrogen (secondary N) is 1. The van der Waals surface area contributed by atoms with E-state index in [1.165, 1.54) is 0 Å². The van der Waals surface area contributed by atoms with Crippen molar-refractivity contribution in [2.75, 3.05) is 12.0 Å². The maximum atomic E-state index is 11.8. The smallest absolute Gasteiger partial charge is 0.331 e. The molecule has 0 bridgehead atoms. The standard InChI is InChI=1S/C11H23N3O2S/c1-7(2)6-8(12)11(16)14-9(10(13)15)4-5-17-3/h7-9H,4-6,12H2,1-3H3,(H2,13,15)(H,14,16)/p+2. The first kappa shape index (κ1) is 16.4. The highest BCUT2D eigenvalue weighted by Crippen LogP contribution is 2.03. The van der Waals surface area contributed by atoms with Crippen molar-refractivity contribution in [3.05, 3.63) is 0 Å². The number of thioether (sulfide) groups is 1. The van der Waals surface area contributed by atoms with Crippen molar-refractivity contribution in [3.63, 3.8) is 0 Å². The van der Waals surface area contributed by atoms with E-state index in [0.29, 0.717) is 12.3 Å². The normalized spacial score (nSPS) is 14.5. The van der Waals surface area contributed by atoms with Crippen LogP contribution in [0.2, 0.25) is 0 Å². The average molecular weight is 263 g/mol. The second-order valence-electron chi connectivity index (χ2n) is 4.64. The molecule has 0 rings (SSSR count). The Morgan fingerprint density at radius 3 is 2.35 bits per heavy atom. The van der Waals surface area contributed by atoms with Gasteiger partial charge in [-0.2, -0.15) is 11.8 Å². The largest absolute Gasteiger partial charge is 0.347 e. The highest BCUT2D eigenvalue weighted by atomic mass is 32.2. The summed E-state index contributed by atoms with van der Waals surface area (Å²) in [5, 5.41) is 2.73. The predicted octanol–water partition coefficient (Wildman–Crippen LogP) is -1.35. The minimum absolute atomic E-state index is 0.151. The summed E-state index contributed by atoms with van der Waals surface area (Å²) < 4.78 is 0. The SMILES string of the molecule is CSCCC(NC(=O)C([NH3+])CC(C)C)C([NH3+])=O. The summed E-state index contributed by atoms with van der Waals surface area (Å²) in [6.45, 7) is 4.09. The van der Waals surface area contributed by atoms with Gasteiger partial charge in [-0.3, -0.25) is 10.5 Å². The number of amides is 2. The molecule has 0 aliphatic heterocycles. The van der Waals surface area contributed by atoms with Crippen molar-refractivity contribution < 1.29 is 21.1 Å². The first-order valence-electron chi connectivity index (χ1n) is 5.86. The lowest BCUT2D eigenvalue weighted by Crippen LogP contribution is -2.72. The van der Waals surface area contributed by atoms with Gasteiger partial charge in [0.1, 0.15) is 6.04 Å². The molecule has 2 atom stereocenters. The third kappa shape index (κ3) is 7.36. The number of carbonyl (C=O) groups excluding carboxylic acids is 2. The van der Waals surface area contributed by atoms with E-state index in [1.54, 1.807) is 11.8 Å². The van der Waals surface area contributed by atoms with Gasteiger partial charge in [-0.15, -0.1) is 0 Å². The molecule has 0 radical (unpaired) electrons. The van der Waals surface area contributed by atoms with Gasteiger partial charge in [-0.05, 0) is 24.3 Å². The van der Waals surface area contributed by atoms with Crippen LogP contribution in [0, 0.1) is 5.92 Å². The van der Waals surface area contributed by atoms with Crippen molar-refractivity contribution in [1.29, 1.82) is 0 Å². The Morgan fingerprint density at radius 1 is 1.35 bits per heavy atom. The first-order valence-corrected chi connectivity index (χ1v) is 7.26. The number of rotatable bonds is 8. The molecule has 0 aromatic rings. The number of hydrogen-bond acceptors (Lipinski definition) is 3. The molecule has 6 heteroatoms. The third-order valence-corrected chi connectivity index (χ3v) is 3.09. The molecule has 7 N–H and O–H groups in total. The van der Waals surface area contributed by atoms with E-state index < -0.39 is 6.04 Å². The van der Waals surface area contributed by atoms with Crippen LogP contribution >= 0.6 is 11.8 Å². The van der Waals surface area contributed by atoms with E-state index in [2.05, 4.69) is 16.8 Å². The van der Waals surface area contributed by atoms with Crippen LogP contribution in [-0.4, -0.2) is 35.9 Å². The van der Waals surface area contributed by atoms with Gasteiger partial charge in [0.25, 0.3) is 5.91 Å². The Kier molecular flexibility index (Phi) is 8.20. The second kappa shape index (κ2) is 8.49. The number of carbonyl (C=O) groups is 2. The molecule has 100 valence electrons. The van der Waals surface area contributed by atoms with Crippen LogP contribution in [0.4, 0.5) is 0 Å². The predicted molar refractivity (Wildman–Crippen MR) is 69.0 cm³/mol. The van der Waals surface area contributed by atoms with Gasteiger partial charge in [0.05, 0.1) is 0 Å². The summed E-state index contributed by atoms with van der Waals surface area (Å²) in [4.78, 5) is 23.1. The molecule has 2 amide bonds. The molecule has 0 aromatic carbocycles. The van der Waals surface area contributed by atoms with Crippen LogP contribution in [0.5, 0.6) is 0 Å². The van der Waals surface area contributed by atoms with Gasteiger partial charge in [0.15, 0.2) is 6.04 Å². The highest BCUT2D eigenvalue weighted by molar-refractivity contribution is 7.98. The Hall–Kier alpha value is -0.590. The fourth-order valence-corrected chi connectivity index (χ4v) is 1.99. The zero-order valence-corrected chi connectivity index (χ0v) is 11.8. The lowest BCUT2D eigenvalue weighted by molar-refractivity contribution is -0.406. The number of hydrogen-bond donors (Lipinski definition) is 3. The molecule has 0 aliphatic carbocycles. The van der Waals surface area contributed by atoms with Crippen LogP contribution in [0.1, 0.15) is 26.7 Å². The Morgan fingerprint density at radius 2 is 1.94 bits per heavy atom. The lowest BCUT2D eigenvalue weighted by Gasteiger charge is -2.16. The van der Waals surface area contributed by atoms with Crippen molar-refractivity contribution in [1.82, 2.24) is 5.32 Å². The average Bonchev–Trinajstić information content (AvgIpc) is 2.22. The van der Waals surface area contributed by atoms with E-state index >= 15 is 0 Å². The molecule has 0 fully saturated rings. The second-order valence-corrected chi connectivity index (χ2v) is 5.62. The molecule has 5 nitrogen and oxygen atoms in total. The van der Waals surface area contributed by atoms with Crippen molar-refractivity contribution in [2.24, 2.45) is 5.92 Å². The molecule has 17 heavy (non-hydrogen) atoms. The van der Waals surface area contributed by atoms with E-state index in [-0.39, 0.29) is 17.9 Å². The Bertz CT molecular complexity index is 259. The van der Waals surface area contributed by atoms with Crippen LogP contribution < -0.4 is 16.8 Å². The molecule has 0 saturated heterocycles. The van der Waals surface area contributed by atoms with Crippen LogP contribution in [0.3, 0.4) is 0 Å². The van der Waals surface area contributed by atoms with E-state index in [4.69, 9.17) is 0 Å². The topological polar surface area (TPSA) is 101 Å². The minimum Gasteiger partial charge on any atom is -0.347 e. The van der Waals surface area contributed by atoms with Crippen LogP contribution in [0.15, 0.2) is 0 Å². The summed E-state index contributed by atoms with van der Waals surface area (Å²) in [5.41, 5.74) is 7.20. The minimum atomic E-state index is -0.466. The Labute approximate surface area is 107 Å². The van der Waals surface area contributed by atoms with Gasteiger partial charge in [-0.25, -0.2) is 4.79 Å². The summed E-state index contributed by atoms with van der Waals surface area (Å²) in [7, 11) is 0. The molecule has 0 saturated carbocycles. The lowest BCUT2D eigenvalue weighted by atomic mass is 10.0. The summed E-state index contributed by atoms with van der Waals surface area (Å²) in [5.74, 6) is 0.868. The monoisotopic (exact) mass is 263 g/mol. The van der Waals surface area contributed by atoms with Crippen molar-refractivity contribution >= 4 is 23.6 Å². The zero-order valence-electron chi connectivity index (χ0n) is 11.0. The summed E-state index contributed by atoms with van der Waals surface area (Å²) in [6, 6.07) is -0.766. The molecule has 2 unspecified atom stereocenters. The van der Waals surface area contributed by atoms with Gasteiger partial charge >= 0.3 is 5.91 Å². The van der Waals surface area contributed by atoms with Crippen LogP contribution in [-0.2, 0) is 9.59 Å². The summed E-state index contributed by atoms with van der Waals surface area (Å²) >= 11 is 1.65. The maximum absolute atomic E-state index is 11.8. The van der Waals surface area contributed by atoms with E-state index in [1.807, 2.05) is 20.1 Å². The summed E-state index contributed by atoms with van der Waals surface area (Å²) in [6.07, 6.45) is 3.32. The molecule has 0 heterocycles. The molecule has 0 aliphatic rings. The van der Waals surface area contributed by atoms with Crippen LogP contribution in [0.25, 0.3) is 0 Å². The van der Waals surface area contributed by atoms with E-state index in [9.17, 15) is 9.59 Å². The molecular weight excluding hydrogens is 238 g/mol. The Balaban J connectivity index is 4.24. The van der Waals surface area contributed by atoms with Gasteiger partial charge in [0, 0.05) is 6.42 Å². The van der Waals surface area contributed by atoms with Crippen molar-refractivity contribution in [2.45, 2.75) is 38.8 Å². The van der Waals surface area contributed by atoms with E-state index in [0.717, 1.165) is 12.2 Å². The highest BCUT2D eigenvalue weighted by Gasteiger charge is 2.25. The van der Waals surface area contributed by atoms with Gasteiger partial charge in [0.2, 0.25) is 0 Å². The molecule has 0 spiro atoms. The zero-order chi connectivity index (χ0) is 13.4. The van der Waals surface area contributed by atoms with Crippen molar-refractivity contribution in [3.8, 4) is 0 Å². The molecular formula is C11H25N3O2S+2.